The Balaban J connectivity index is 1.91. The molecule has 0 atom stereocenters. The Morgan fingerprint density at radius 3 is 2.52 bits per heavy atom. The zero-order chi connectivity index (χ0) is 14.5. The third-order valence-electron chi connectivity index (χ3n) is 3.48. The second-order valence-corrected chi connectivity index (χ2v) is 5.07. The van der Waals surface area contributed by atoms with Crippen molar-refractivity contribution in [2.75, 3.05) is 7.05 Å². The predicted octanol–water partition coefficient (Wildman–Crippen LogP) is 3.18. The Bertz CT molecular complexity index is 701. The molecular weight excluding hydrogens is 258 g/mol. The van der Waals surface area contributed by atoms with Crippen molar-refractivity contribution >= 4 is 0 Å². The summed E-state index contributed by atoms with van der Waals surface area (Å²) in [5, 5.41) is 7.75. The summed E-state index contributed by atoms with van der Waals surface area (Å²) in [6.45, 7) is 0.786. The molecule has 2 aromatic carbocycles. The van der Waals surface area contributed by atoms with Crippen LogP contribution in [0, 0.1) is 0 Å². The fourth-order valence-electron chi connectivity index (χ4n) is 2.47. The van der Waals surface area contributed by atoms with E-state index < -0.39 is 0 Å². The Morgan fingerprint density at radius 1 is 0.952 bits per heavy atom. The lowest BCUT2D eigenvalue weighted by atomic mass is 10.0. The summed E-state index contributed by atoms with van der Waals surface area (Å²) in [5.41, 5.74) is 4.78. The van der Waals surface area contributed by atoms with Gasteiger partial charge in [-0.25, -0.2) is 4.68 Å². The molecule has 3 nitrogen and oxygen atoms in total. The molecule has 0 radical (unpaired) electrons. The Kier molecular flexibility index (Phi) is 4.12. The van der Waals surface area contributed by atoms with Gasteiger partial charge in [0.2, 0.25) is 0 Å². The molecule has 3 rings (SSSR count). The molecule has 0 bridgehead atoms. The van der Waals surface area contributed by atoms with Gasteiger partial charge in [0, 0.05) is 12.7 Å². The number of rotatable bonds is 5. The molecule has 0 amide bonds. The lowest BCUT2D eigenvalue weighted by Crippen LogP contribution is -2.07. The Hall–Kier alpha value is -2.39. The van der Waals surface area contributed by atoms with Gasteiger partial charge in [-0.05, 0) is 36.7 Å². The van der Waals surface area contributed by atoms with E-state index in [1.165, 1.54) is 11.1 Å². The number of nitrogens with zero attached hydrogens (tertiary/aromatic N) is 2. The Labute approximate surface area is 125 Å². The summed E-state index contributed by atoms with van der Waals surface area (Å²) in [4.78, 5) is 0. The maximum atomic E-state index is 4.63. The molecule has 1 N–H and O–H groups in total. The van der Waals surface area contributed by atoms with E-state index in [0.717, 1.165) is 24.3 Å². The van der Waals surface area contributed by atoms with Crippen LogP contribution in [-0.4, -0.2) is 16.8 Å². The molecule has 0 aliphatic rings. The summed E-state index contributed by atoms with van der Waals surface area (Å²) in [6, 6.07) is 21.0. The minimum Gasteiger partial charge on any atom is -0.314 e. The van der Waals surface area contributed by atoms with Gasteiger partial charge in [0.25, 0.3) is 0 Å². The highest BCUT2D eigenvalue weighted by atomic mass is 15.3. The monoisotopic (exact) mass is 277 g/mol. The van der Waals surface area contributed by atoms with Crippen molar-refractivity contribution in [1.82, 2.24) is 15.1 Å². The molecular formula is C18H19N3. The third kappa shape index (κ3) is 3.20. The summed E-state index contributed by atoms with van der Waals surface area (Å²) in [6.07, 6.45) is 2.94. The standard InChI is InChI=1S/C18H19N3/c1-19-14-17-11-12-21(20-17)18-10-6-5-9-16(18)13-15-7-3-2-4-8-15/h2-12,19H,13-14H2,1H3. The third-order valence-corrected chi connectivity index (χ3v) is 3.48. The Morgan fingerprint density at radius 2 is 1.71 bits per heavy atom. The van der Waals surface area contributed by atoms with Gasteiger partial charge in [0.1, 0.15) is 0 Å². The van der Waals surface area contributed by atoms with E-state index in [9.17, 15) is 0 Å². The van der Waals surface area contributed by atoms with E-state index in [2.05, 4.69) is 65.0 Å². The normalized spacial score (nSPS) is 10.7. The van der Waals surface area contributed by atoms with Crippen LogP contribution in [-0.2, 0) is 13.0 Å². The van der Waals surface area contributed by atoms with Crippen LogP contribution < -0.4 is 5.32 Å². The molecule has 3 heteroatoms. The first-order valence-corrected chi connectivity index (χ1v) is 7.18. The summed E-state index contributed by atoms with van der Waals surface area (Å²) in [7, 11) is 1.93. The molecule has 1 heterocycles. The minimum atomic E-state index is 0.786. The molecule has 0 saturated heterocycles. The molecule has 0 saturated carbocycles. The van der Waals surface area contributed by atoms with Crippen molar-refractivity contribution in [1.29, 1.82) is 0 Å². The molecule has 21 heavy (non-hydrogen) atoms. The molecule has 0 aliphatic carbocycles. The lowest BCUT2D eigenvalue weighted by molar-refractivity contribution is 0.754. The van der Waals surface area contributed by atoms with Gasteiger partial charge in [-0.1, -0.05) is 48.5 Å². The fraction of sp³-hybridized carbons (Fsp3) is 0.167. The van der Waals surface area contributed by atoms with Crippen LogP contribution in [0.4, 0.5) is 0 Å². The quantitative estimate of drug-likeness (QED) is 0.776. The van der Waals surface area contributed by atoms with Crippen LogP contribution in [0.2, 0.25) is 0 Å². The average Bonchev–Trinajstić information content (AvgIpc) is 2.98. The number of nitrogens with one attached hydrogen (secondary N) is 1. The van der Waals surface area contributed by atoms with Crippen molar-refractivity contribution in [2.45, 2.75) is 13.0 Å². The molecule has 0 aliphatic heterocycles. The van der Waals surface area contributed by atoms with Crippen molar-refractivity contribution in [3.63, 3.8) is 0 Å². The van der Waals surface area contributed by atoms with E-state index in [1.807, 2.05) is 24.0 Å². The summed E-state index contributed by atoms with van der Waals surface area (Å²) < 4.78 is 1.96. The smallest absolute Gasteiger partial charge is 0.0766 e. The van der Waals surface area contributed by atoms with E-state index in [4.69, 9.17) is 0 Å². The minimum absolute atomic E-state index is 0.786. The molecule has 0 unspecified atom stereocenters. The first-order chi connectivity index (χ1) is 10.4. The van der Waals surface area contributed by atoms with Crippen LogP contribution in [0.15, 0.2) is 66.9 Å². The zero-order valence-electron chi connectivity index (χ0n) is 12.2. The average molecular weight is 277 g/mol. The second kappa shape index (κ2) is 6.37. The summed E-state index contributed by atoms with van der Waals surface area (Å²) in [5.74, 6) is 0. The first-order valence-electron chi connectivity index (χ1n) is 7.18. The number of para-hydroxylation sites is 1. The number of hydrogen-bond acceptors (Lipinski definition) is 2. The largest absolute Gasteiger partial charge is 0.314 e. The molecule has 1 aromatic heterocycles. The van der Waals surface area contributed by atoms with Crippen molar-refractivity contribution in [3.05, 3.63) is 83.7 Å². The van der Waals surface area contributed by atoms with E-state index >= 15 is 0 Å². The number of aromatic nitrogens is 2. The maximum absolute atomic E-state index is 4.63. The summed E-state index contributed by atoms with van der Waals surface area (Å²) >= 11 is 0. The van der Waals surface area contributed by atoms with Gasteiger partial charge in [-0.3, -0.25) is 0 Å². The van der Waals surface area contributed by atoms with E-state index in [-0.39, 0.29) is 0 Å². The first kappa shape index (κ1) is 13.6. The van der Waals surface area contributed by atoms with Gasteiger partial charge in [0.15, 0.2) is 0 Å². The molecule has 0 fully saturated rings. The second-order valence-electron chi connectivity index (χ2n) is 5.07. The number of hydrogen-bond donors (Lipinski definition) is 1. The van der Waals surface area contributed by atoms with Crippen LogP contribution in [0.25, 0.3) is 5.69 Å². The van der Waals surface area contributed by atoms with Crippen molar-refractivity contribution in [3.8, 4) is 5.69 Å². The van der Waals surface area contributed by atoms with Gasteiger partial charge in [-0.15, -0.1) is 0 Å². The fourth-order valence-corrected chi connectivity index (χ4v) is 2.47. The highest BCUT2D eigenvalue weighted by molar-refractivity contribution is 5.43. The predicted molar refractivity (Wildman–Crippen MR) is 85.6 cm³/mol. The highest BCUT2D eigenvalue weighted by Gasteiger charge is 2.06. The molecule has 3 aromatic rings. The van der Waals surface area contributed by atoms with E-state index in [0.29, 0.717) is 0 Å². The van der Waals surface area contributed by atoms with Crippen molar-refractivity contribution in [2.24, 2.45) is 0 Å². The molecule has 106 valence electrons. The lowest BCUT2D eigenvalue weighted by Gasteiger charge is -2.09. The highest BCUT2D eigenvalue weighted by Crippen LogP contribution is 2.18. The number of benzene rings is 2. The van der Waals surface area contributed by atoms with E-state index in [1.54, 1.807) is 0 Å². The van der Waals surface area contributed by atoms with Crippen LogP contribution in [0.1, 0.15) is 16.8 Å². The van der Waals surface area contributed by atoms with Crippen LogP contribution in [0.5, 0.6) is 0 Å². The van der Waals surface area contributed by atoms with Crippen LogP contribution in [0.3, 0.4) is 0 Å². The van der Waals surface area contributed by atoms with Crippen LogP contribution >= 0.6 is 0 Å². The van der Waals surface area contributed by atoms with Gasteiger partial charge in [-0.2, -0.15) is 5.10 Å². The topological polar surface area (TPSA) is 29.9 Å². The maximum Gasteiger partial charge on any atom is 0.0766 e. The van der Waals surface area contributed by atoms with Crippen molar-refractivity contribution < 1.29 is 0 Å². The van der Waals surface area contributed by atoms with Gasteiger partial charge >= 0.3 is 0 Å². The zero-order valence-corrected chi connectivity index (χ0v) is 12.2. The molecule has 0 spiro atoms. The SMILES string of the molecule is CNCc1ccn(-c2ccccc2Cc2ccccc2)n1. The van der Waals surface area contributed by atoms with Gasteiger partial charge in [0.05, 0.1) is 11.4 Å². The van der Waals surface area contributed by atoms with Gasteiger partial charge < -0.3 is 5.32 Å².